The molecule has 0 aliphatic carbocycles. The van der Waals surface area contributed by atoms with Crippen LogP contribution >= 0.6 is 0 Å². The van der Waals surface area contributed by atoms with Crippen molar-refractivity contribution in [2.24, 2.45) is 0 Å². The van der Waals surface area contributed by atoms with Crippen LogP contribution in [0.4, 0.5) is 0 Å². The SMILES string of the molecule is CON1C(=O)C(CO)NC(=O)C1(O)Cc1c[nH]c2ccccc12. The zero-order chi connectivity index (χ0) is 16.6. The maximum absolute atomic E-state index is 12.3. The Balaban J connectivity index is 1.99. The van der Waals surface area contributed by atoms with Gasteiger partial charge in [0.15, 0.2) is 0 Å². The van der Waals surface area contributed by atoms with Crippen molar-refractivity contribution in [3.63, 3.8) is 0 Å². The van der Waals surface area contributed by atoms with E-state index in [4.69, 9.17) is 9.94 Å². The minimum atomic E-state index is -2.19. The van der Waals surface area contributed by atoms with E-state index >= 15 is 0 Å². The van der Waals surface area contributed by atoms with Crippen LogP contribution in [-0.2, 0) is 20.8 Å². The van der Waals surface area contributed by atoms with Gasteiger partial charge in [0, 0.05) is 23.5 Å². The highest BCUT2D eigenvalue weighted by molar-refractivity contribution is 5.98. The number of carbonyl (C=O) groups excluding carboxylic acids is 2. The molecule has 4 N–H and O–H groups in total. The van der Waals surface area contributed by atoms with Crippen LogP contribution in [0.5, 0.6) is 0 Å². The van der Waals surface area contributed by atoms with Gasteiger partial charge in [0.1, 0.15) is 6.04 Å². The lowest BCUT2D eigenvalue weighted by Crippen LogP contribution is -2.71. The van der Waals surface area contributed by atoms with Crippen LogP contribution in [-0.4, -0.2) is 57.6 Å². The van der Waals surface area contributed by atoms with Crippen LogP contribution in [0.1, 0.15) is 5.56 Å². The Labute approximate surface area is 131 Å². The van der Waals surface area contributed by atoms with Gasteiger partial charge >= 0.3 is 0 Å². The van der Waals surface area contributed by atoms with Gasteiger partial charge in [-0.15, -0.1) is 0 Å². The minimum Gasteiger partial charge on any atom is -0.394 e. The fraction of sp³-hybridized carbons (Fsp3) is 0.333. The van der Waals surface area contributed by atoms with Crippen molar-refractivity contribution >= 4 is 22.7 Å². The predicted octanol–water partition coefficient (Wildman–Crippen LogP) is -0.720. The Morgan fingerprint density at radius 2 is 2.09 bits per heavy atom. The van der Waals surface area contributed by atoms with Gasteiger partial charge in [-0.05, 0) is 11.6 Å². The molecule has 1 saturated heterocycles. The van der Waals surface area contributed by atoms with Crippen molar-refractivity contribution < 1.29 is 24.6 Å². The molecule has 23 heavy (non-hydrogen) atoms. The molecule has 3 rings (SSSR count). The number of aromatic nitrogens is 1. The van der Waals surface area contributed by atoms with E-state index in [9.17, 15) is 14.7 Å². The number of rotatable bonds is 4. The van der Waals surface area contributed by atoms with E-state index in [1.807, 2.05) is 24.3 Å². The molecule has 2 amide bonds. The Bertz CT molecular complexity index is 758. The zero-order valence-corrected chi connectivity index (χ0v) is 12.4. The van der Waals surface area contributed by atoms with Gasteiger partial charge in [-0.1, -0.05) is 18.2 Å². The average molecular weight is 319 g/mol. The van der Waals surface area contributed by atoms with Gasteiger partial charge in [-0.25, -0.2) is 0 Å². The summed E-state index contributed by atoms with van der Waals surface area (Å²) in [5, 5.41) is 23.7. The van der Waals surface area contributed by atoms with Gasteiger partial charge in [0.25, 0.3) is 11.8 Å². The van der Waals surface area contributed by atoms with Crippen LogP contribution in [0, 0.1) is 0 Å². The fourth-order valence-corrected chi connectivity index (χ4v) is 2.81. The summed E-state index contributed by atoms with van der Waals surface area (Å²) in [6, 6.07) is 6.28. The lowest BCUT2D eigenvalue weighted by Gasteiger charge is -2.42. The third-order valence-electron chi connectivity index (χ3n) is 3.98. The average Bonchev–Trinajstić information content (AvgIpc) is 2.94. The molecule has 122 valence electrons. The summed E-state index contributed by atoms with van der Waals surface area (Å²) in [5.41, 5.74) is -0.677. The zero-order valence-electron chi connectivity index (χ0n) is 12.4. The standard InChI is InChI=1S/C15H17N3O5/c1-23-18-13(20)12(8-19)17-14(21)15(18,22)6-9-7-16-11-5-3-2-4-10(9)11/h2-5,7,12,16,19,22H,6,8H2,1H3,(H,17,21). The van der Waals surface area contributed by atoms with Gasteiger partial charge in [-0.3, -0.25) is 14.4 Å². The number of carbonyl (C=O) groups is 2. The molecule has 2 unspecified atom stereocenters. The number of hydroxylamine groups is 2. The monoisotopic (exact) mass is 319 g/mol. The number of aliphatic hydroxyl groups excluding tert-OH is 1. The highest BCUT2D eigenvalue weighted by Gasteiger charge is 2.53. The number of piperazine rings is 1. The fourth-order valence-electron chi connectivity index (χ4n) is 2.81. The summed E-state index contributed by atoms with van der Waals surface area (Å²) < 4.78 is 0. The summed E-state index contributed by atoms with van der Waals surface area (Å²) in [5.74, 6) is -1.51. The topological polar surface area (TPSA) is 115 Å². The summed E-state index contributed by atoms with van der Waals surface area (Å²) in [4.78, 5) is 32.5. The molecule has 2 atom stereocenters. The molecule has 1 aliphatic heterocycles. The molecule has 8 nitrogen and oxygen atoms in total. The second-order valence-electron chi connectivity index (χ2n) is 5.38. The Kier molecular flexibility index (Phi) is 3.80. The molecular weight excluding hydrogens is 302 g/mol. The van der Waals surface area contributed by atoms with E-state index in [1.165, 1.54) is 7.11 Å². The first-order valence-corrected chi connectivity index (χ1v) is 7.08. The maximum Gasteiger partial charge on any atom is 0.276 e. The van der Waals surface area contributed by atoms with Gasteiger partial charge in [0.05, 0.1) is 13.7 Å². The highest BCUT2D eigenvalue weighted by Crippen LogP contribution is 2.27. The van der Waals surface area contributed by atoms with Crippen molar-refractivity contribution in [1.82, 2.24) is 15.4 Å². The van der Waals surface area contributed by atoms with Gasteiger partial charge in [0.2, 0.25) is 5.72 Å². The number of hydrogen-bond donors (Lipinski definition) is 4. The van der Waals surface area contributed by atoms with Crippen LogP contribution in [0.25, 0.3) is 10.9 Å². The van der Waals surface area contributed by atoms with E-state index in [2.05, 4.69) is 10.3 Å². The normalized spacial score (nSPS) is 25.0. The third-order valence-corrected chi connectivity index (χ3v) is 3.98. The molecule has 0 spiro atoms. The smallest absolute Gasteiger partial charge is 0.276 e. The molecule has 2 heterocycles. The Hall–Kier alpha value is -2.42. The van der Waals surface area contributed by atoms with Crippen molar-refractivity contribution in [2.45, 2.75) is 18.2 Å². The molecule has 2 aromatic rings. The number of H-pyrrole nitrogens is 1. The number of aromatic amines is 1. The molecule has 1 aromatic carbocycles. The number of benzene rings is 1. The molecule has 1 aliphatic rings. The minimum absolute atomic E-state index is 0.152. The van der Waals surface area contributed by atoms with Gasteiger partial charge < -0.3 is 20.5 Å². The van der Waals surface area contributed by atoms with E-state index < -0.39 is 30.2 Å². The molecule has 0 saturated carbocycles. The van der Waals surface area contributed by atoms with Gasteiger partial charge in [-0.2, -0.15) is 5.06 Å². The van der Waals surface area contributed by atoms with E-state index in [-0.39, 0.29) is 6.42 Å². The summed E-state index contributed by atoms with van der Waals surface area (Å²) in [7, 11) is 1.19. The third kappa shape index (κ3) is 2.37. The van der Waals surface area contributed by atoms with Crippen molar-refractivity contribution in [2.75, 3.05) is 13.7 Å². The number of nitrogens with one attached hydrogen (secondary N) is 2. The Morgan fingerprint density at radius 3 is 2.78 bits per heavy atom. The van der Waals surface area contributed by atoms with Crippen LogP contribution < -0.4 is 5.32 Å². The van der Waals surface area contributed by atoms with Crippen LogP contribution in [0.2, 0.25) is 0 Å². The quantitative estimate of drug-likeness (QED) is 0.594. The number of amides is 2. The molecule has 0 radical (unpaired) electrons. The lowest BCUT2D eigenvalue weighted by atomic mass is 9.97. The Morgan fingerprint density at radius 1 is 1.35 bits per heavy atom. The number of aliphatic hydroxyl groups is 2. The molecule has 1 fully saturated rings. The van der Waals surface area contributed by atoms with Crippen molar-refractivity contribution in [3.8, 4) is 0 Å². The number of hydrogen-bond acceptors (Lipinski definition) is 5. The van der Waals surface area contributed by atoms with E-state index in [0.717, 1.165) is 10.9 Å². The molecule has 1 aromatic heterocycles. The predicted molar refractivity (Wildman–Crippen MR) is 79.8 cm³/mol. The number of fused-ring (bicyclic) bond motifs is 1. The largest absolute Gasteiger partial charge is 0.394 e. The van der Waals surface area contributed by atoms with Crippen molar-refractivity contribution in [1.29, 1.82) is 0 Å². The maximum atomic E-state index is 12.3. The first kappa shape index (κ1) is 15.5. The summed E-state index contributed by atoms with van der Waals surface area (Å²) >= 11 is 0. The number of para-hydroxylation sites is 1. The first-order chi connectivity index (χ1) is 11.0. The van der Waals surface area contributed by atoms with Crippen LogP contribution in [0.3, 0.4) is 0 Å². The summed E-state index contributed by atoms with van der Waals surface area (Å²) in [6.45, 7) is -0.576. The lowest BCUT2D eigenvalue weighted by molar-refractivity contribution is -0.267. The first-order valence-electron chi connectivity index (χ1n) is 7.08. The highest BCUT2D eigenvalue weighted by atomic mass is 16.7. The summed E-state index contributed by atoms with van der Waals surface area (Å²) in [6.07, 6.45) is 1.52. The number of nitrogens with zero attached hydrogens (tertiary/aromatic N) is 1. The van der Waals surface area contributed by atoms with Crippen molar-refractivity contribution in [3.05, 3.63) is 36.0 Å². The second kappa shape index (κ2) is 5.65. The van der Waals surface area contributed by atoms with E-state index in [1.54, 1.807) is 6.20 Å². The molecule has 8 heteroatoms. The van der Waals surface area contributed by atoms with E-state index in [0.29, 0.717) is 10.6 Å². The second-order valence-corrected chi connectivity index (χ2v) is 5.38. The van der Waals surface area contributed by atoms with Crippen LogP contribution in [0.15, 0.2) is 30.5 Å². The molecular formula is C15H17N3O5. The molecule has 0 bridgehead atoms.